The number of alkyl halides is 3. The zero-order chi connectivity index (χ0) is 17.9. The van der Waals surface area contributed by atoms with Gasteiger partial charge in [-0.05, 0) is 42.8 Å². The van der Waals surface area contributed by atoms with E-state index in [0.29, 0.717) is 11.3 Å². The van der Waals surface area contributed by atoms with Crippen LogP contribution in [-0.4, -0.2) is 16.7 Å². The van der Waals surface area contributed by atoms with E-state index in [1.165, 1.54) is 36.4 Å². The Bertz CT molecular complexity index is 801. The lowest BCUT2D eigenvalue weighted by molar-refractivity contribution is -0.136. The highest BCUT2D eigenvalue weighted by atomic mass is 19.4. The summed E-state index contributed by atoms with van der Waals surface area (Å²) in [5.41, 5.74) is 7.11. The predicted octanol–water partition coefficient (Wildman–Crippen LogP) is 3.35. The van der Waals surface area contributed by atoms with E-state index in [1.807, 2.05) is 0 Å². The number of aromatic hydroxyl groups is 1. The van der Waals surface area contributed by atoms with Crippen molar-refractivity contribution in [1.82, 2.24) is 0 Å². The summed E-state index contributed by atoms with van der Waals surface area (Å²) in [6.45, 7) is 1.54. The number of carbonyl (C=O) groups excluding carboxylic acids is 1. The zero-order valence-electron chi connectivity index (χ0n) is 12.6. The average molecular weight is 337 g/mol. The number of nitrogens with zero attached hydrogens (tertiary/aromatic N) is 1. The number of amides is 1. The molecule has 0 heterocycles. The fraction of sp³-hybridized carbons (Fsp3) is 0.125. The van der Waals surface area contributed by atoms with Gasteiger partial charge in [0.2, 0.25) is 0 Å². The smallest absolute Gasteiger partial charge is 0.418 e. The van der Waals surface area contributed by atoms with Gasteiger partial charge in [-0.2, -0.15) is 18.3 Å². The Labute approximate surface area is 135 Å². The van der Waals surface area contributed by atoms with Crippen LogP contribution in [0.25, 0.3) is 0 Å². The first-order valence-corrected chi connectivity index (χ1v) is 6.80. The number of halogens is 3. The van der Waals surface area contributed by atoms with Crippen LogP contribution in [0.15, 0.2) is 47.6 Å². The van der Waals surface area contributed by atoms with Crippen molar-refractivity contribution >= 4 is 17.3 Å². The number of hydrogen-bond donors (Lipinski definition) is 3. The van der Waals surface area contributed by atoms with Crippen LogP contribution in [0.5, 0.6) is 5.75 Å². The number of primary amides is 1. The summed E-state index contributed by atoms with van der Waals surface area (Å²) in [5.74, 6) is -1.10. The van der Waals surface area contributed by atoms with Gasteiger partial charge in [-0.1, -0.05) is 12.1 Å². The van der Waals surface area contributed by atoms with E-state index in [1.54, 1.807) is 6.92 Å². The minimum atomic E-state index is -4.51. The molecule has 4 N–H and O–H groups in total. The number of para-hydroxylation sites is 1. The number of hydrazone groups is 1. The molecular formula is C16H14F3N3O2. The Morgan fingerprint density at radius 1 is 1.21 bits per heavy atom. The molecule has 2 aromatic rings. The Morgan fingerprint density at radius 2 is 1.88 bits per heavy atom. The molecule has 0 aliphatic rings. The topological polar surface area (TPSA) is 87.7 Å². The van der Waals surface area contributed by atoms with Crippen molar-refractivity contribution in [3.05, 3.63) is 59.2 Å². The number of carbonyl (C=O) groups is 1. The summed E-state index contributed by atoms with van der Waals surface area (Å²) in [5, 5.41) is 13.4. The van der Waals surface area contributed by atoms with Gasteiger partial charge in [0.05, 0.1) is 22.5 Å². The second-order valence-corrected chi connectivity index (χ2v) is 4.95. The minimum Gasteiger partial charge on any atom is -0.507 e. The normalized spacial score (nSPS) is 12.1. The van der Waals surface area contributed by atoms with Gasteiger partial charge < -0.3 is 10.8 Å². The average Bonchev–Trinajstić information content (AvgIpc) is 2.52. The number of phenols is 1. The molecule has 8 heteroatoms. The molecule has 0 unspecified atom stereocenters. The van der Waals surface area contributed by atoms with Gasteiger partial charge in [-0.3, -0.25) is 10.2 Å². The lowest BCUT2D eigenvalue weighted by Gasteiger charge is -2.12. The molecule has 0 fully saturated rings. The fourth-order valence-electron chi connectivity index (χ4n) is 1.99. The number of anilines is 1. The van der Waals surface area contributed by atoms with Gasteiger partial charge in [0.25, 0.3) is 5.91 Å². The van der Waals surface area contributed by atoms with Gasteiger partial charge in [-0.15, -0.1) is 0 Å². The highest BCUT2D eigenvalue weighted by Gasteiger charge is 2.33. The summed E-state index contributed by atoms with van der Waals surface area (Å²) in [4.78, 5) is 11.2. The molecular weight excluding hydrogens is 323 g/mol. The second kappa shape index (κ2) is 6.61. The second-order valence-electron chi connectivity index (χ2n) is 4.95. The summed E-state index contributed by atoms with van der Waals surface area (Å²) in [6.07, 6.45) is -4.51. The van der Waals surface area contributed by atoms with Crippen molar-refractivity contribution in [2.45, 2.75) is 13.1 Å². The quantitative estimate of drug-likeness (QED) is 0.590. The summed E-state index contributed by atoms with van der Waals surface area (Å²) < 4.78 is 38.7. The van der Waals surface area contributed by atoms with E-state index in [2.05, 4.69) is 10.5 Å². The molecule has 0 atom stereocenters. The van der Waals surface area contributed by atoms with Crippen molar-refractivity contribution in [2.75, 3.05) is 5.43 Å². The van der Waals surface area contributed by atoms with Crippen LogP contribution in [0, 0.1) is 0 Å². The van der Waals surface area contributed by atoms with Gasteiger partial charge in [-0.25, -0.2) is 0 Å². The van der Waals surface area contributed by atoms with E-state index in [0.717, 1.165) is 6.07 Å². The molecule has 0 radical (unpaired) electrons. The highest BCUT2D eigenvalue weighted by molar-refractivity contribution is 6.03. The first kappa shape index (κ1) is 17.3. The maximum atomic E-state index is 12.9. The molecule has 0 saturated carbocycles. The molecule has 0 bridgehead atoms. The molecule has 0 aromatic heterocycles. The van der Waals surface area contributed by atoms with E-state index in [4.69, 9.17) is 5.73 Å². The maximum Gasteiger partial charge on any atom is 0.418 e. The standard InChI is InChI=1S/C16H14F3N3O2/c1-9(10-6-7-14(23)11(8-10)15(20)24)21-22-13-5-3-2-4-12(13)16(17,18)19/h2-8,22-23H,1H3,(H2,20,24)/b21-9+. The number of nitrogens with one attached hydrogen (secondary N) is 1. The molecule has 126 valence electrons. The molecule has 2 rings (SSSR count). The van der Waals surface area contributed by atoms with Crippen LogP contribution in [-0.2, 0) is 6.18 Å². The SMILES string of the molecule is C/C(=N\Nc1ccccc1C(F)(F)F)c1ccc(O)c(C(N)=O)c1. The Morgan fingerprint density at radius 3 is 2.50 bits per heavy atom. The summed E-state index contributed by atoms with van der Waals surface area (Å²) in [6, 6.07) is 8.98. The lowest BCUT2D eigenvalue weighted by Crippen LogP contribution is -2.12. The molecule has 2 aromatic carbocycles. The Hall–Kier alpha value is -3.03. The van der Waals surface area contributed by atoms with E-state index in [9.17, 15) is 23.1 Å². The van der Waals surface area contributed by atoms with E-state index >= 15 is 0 Å². The third kappa shape index (κ3) is 3.83. The number of rotatable bonds is 4. The summed E-state index contributed by atoms with van der Waals surface area (Å²) >= 11 is 0. The van der Waals surface area contributed by atoms with Crippen LogP contribution >= 0.6 is 0 Å². The van der Waals surface area contributed by atoms with Gasteiger partial charge in [0, 0.05) is 0 Å². The first-order chi connectivity index (χ1) is 11.2. The molecule has 1 amide bonds. The highest BCUT2D eigenvalue weighted by Crippen LogP contribution is 2.34. The molecule has 0 saturated heterocycles. The minimum absolute atomic E-state index is 0.0993. The van der Waals surface area contributed by atoms with Crippen molar-refractivity contribution in [2.24, 2.45) is 10.8 Å². The van der Waals surface area contributed by atoms with Crippen LogP contribution in [0.1, 0.15) is 28.4 Å². The molecule has 0 aliphatic carbocycles. The van der Waals surface area contributed by atoms with Crippen molar-refractivity contribution in [3.63, 3.8) is 0 Å². The number of nitrogens with two attached hydrogens (primary N) is 1. The first-order valence-electron chi connectivity index (χ1n) is 6.80. The molecule has 0 aliphatic heterocycles. The maximum absolute atomic E-state index is 12.9. The number of benzene rings is 2. The van der Waals surface area contributed by atoms with Crippen LogP contribution in [0.3, 0.4) is 0 Å². The monoisotopic (exact) mass is 337 g/mol. The third-order valence-corrected chi connectivity index (χ3v) is 3.26. The third-order valence-electron chi connectivity index (χ3n) is 3.26. The molecule has 24 heavy (non-hydrogen) atoms. The fourth-order valence-corrected chi connectivity index (χ4v) is 1.99. The Balaban J connectivity index is 2.31. The molecule has 0 spiro atoms. The van der Waals surface area contributed by atoms with Crippen molar-refractivity contribution in [1.29, 1.82) is 0 Å². The zero-order valence-corrected chi connectivity index (χ0v) is 12.6. The van der Waals surface area contributed by atoms with Crippen molar-refractivity contribution < 1.29 is 23.1 Å². The van der Waals surface area contributed by atoms with Crippen molar-refractivity contribution in [3.8, 4) is 5.75 Å². The lowest BCUT2D eigenvalue weighted by atomic mass is 10.1. The molecule has 5 nitrogen and oxygen atoms in total. The Kier molecular flexibility index (Phi) is 4.77. The van der Waals surface area contributed by atoms with Crippen LogP contribution < -0.4 is 11.2 Å². The van der Waals surface area contributed by atoms with Crippen LogP contribution in [0.2, 0.25) is 0 Å². The van der Waals surface area contributed by atoms with Gasteiger partial charge >= 0.3 is 6.18 Å². The number of hydrogen-bond acceptors (Lipinski definition) is 4. The summed E-state index contributed by atoms with van der Waals surface area (Å²) in [7, 11) is 0. The van der Waals surface area contributed by atoms with E-state index < -0.39 is 17.6 Å². The largest absolute Gasteiger partial charge is 0.507 e. The predicted molar refractivity (Wildman–Crippen MR) is 83.9 cm³/mol. The van der Waals surface area contributed by atoms with Crippen LogP contribution in [0.4, 0.5) is 18.9 Å². The van der Waals surface area contributed by atoms with Gasteiger partial charge in [0.15, 0.2) is 0 Å². The van der Waals surface area contributed by atoms with Gasteiger partial charge in [0.1, 0.15) is 5.75 Å². The van der Waals surface area contributed by atoms with E-state index in [-0.39, 0.29) is 17.0 Å².